The minimum Gasteiger partial charge on any atom is -0.385 e. The quantitative estimate of drug-likeness (QED) is 0.834. The van der Waals surface area contributed by atoms with Gasteiger partial charge >= 0.3 is 0 Å². The normalized spacial score (nSPS) is 15.8. The average Bonchev–Trinajstić information content (AvgIpc) is 2.48. The molecule has 1 amide bonds. The molecule has 0 spiro atoms. The summed E-state index contributed by atoms with van der Waals surface area (Å²) in [5.41, 5.74) is 1.57. The Bertz CT molecular complexity index is 508. The number of anilines is 1. The first-order valence-electron chi connectivity index (χ1n) is 7.37. The fourth-order valence-electron chi connectivity index (χ4n) is 2.38. The van der Waals surface area contributed by atoms with Crippen molar-refractivity contribution < 1.29 is 9.59 Å². The predicted molar refractivity (Wildman–Crippen MR) is 83.6 cm³/mol. The van der Waals surface area contributed by atoms with E-state index >= 15 is 0 Å². The van der Waals surface area contributed by atoms with Crippen LogP contribution in [0.15, 0.2) is 24.3 Å². The second-order valence-electron chi connectivity index (χ2n) is 5.50. The molecule has 1 aromatic rings. The second-order valence-corrected chi connectivity index (χ2v) is 5.50. The van der Waals surface area contributed by atoms with Gasteiger partial charge in [0.25, 0.3) is 0 Å². The highest BCUT2D eigenvalue weighted by Gasteiger charge is 2.18. The number of hydrogen-bond acceptors (Lipinski definition) is 4. The number of carbonyl (C=O) groups is 2. The third-order valence-corrected chi connectivity index (χ3v) is 3.79. The van der Waals surface area contributed by atoms with Crippen LogP contribution >= 0.6 is 0 Å². The Morgan fingerprint density at radius 2 is 1.90 bits per heavy atom. The standard InChI is InChI=1S/C16H23N3O2/c1-13(20)14-4-3-5-15(12-14)17-7-6-16(21)19-10-8-18(2)9-11-19/h3-5,12,17H,6-11H2,1-2H3. The summed E-state index contributed by atoms with van der Waals surface area (Å²) in [6, 6.07) is 7.37. The minimum absolute atomic E-state index is 0.0483. The summed E-state index contributed by atoms with van der Waals surface area (Å²) in [7, 11) is 2.07. The predicted octanol–water partition coefficient (Wildman–Crippen LogP) is 1.47. The van der Waals surface area contributed by atoms with Crippen molar-refractivity contribution in [2.45, 2.75) is 13.3 Å². The molecule has 0 aromatic heterocycles. The van der Waals surface area contributed by atoms with Gasteiger partial charge in [0.1, 0.15) is 0 Å². The molecule has 0 bridgehead atoms. The fourth-order valence-corrected chi connectivity index (χ4v) is 2.38. The molecule has 1 saturated heterocycles. The molecule has 1 aliphatic heterocycles. The lowest BCUT2D eigenvalue weighted by Crippen LogP contribution is -2.47. The molecule has 0 radical (unpaired) electrons. The molecule has 1 fully saturated rings. The second kappa shape index (κ2) is 7.22. The summed E-state index contributed by atoms with van der Waals surface area (Å²) in [4.78, 5) is 27.6. The Kier molecular flexibility index (Phi) is 5.33. The largest absolute Gasteiger partial charge is 0.385 e. The maximum atomic E-state index is 12.1. The fraction of sp³-hybridized carbons (Fsp3) is 0.500. The zero-order chi connectivity index (χ0) is 15.2. The lowest BCUT2D eigenvalue weighted by molar-refractivity contribution is -0.132. The topological polar surface area (TPSA) is 52.7 Å². The number of hydrogen-bond donors (Lipinski definition) is 1. The van der Waals surface area contributed by atoms with E-state index in [4.69, 9.17) is 0 Å². The van der Waals surface area contributed by atoms with Crippen molar-refractivity contribution in [1.82, 2.24) is 9.80 Å². The number of nitrogens with one attached hydrogen (secondary N) is 1. The van der Waals surface area contributed by atoms with Crippen LogP contribution in [0.1, 0.15) is 23.7 Å². The number of ketones is 1. The maximum absolute atomic E-state index is 12.1. The molecular formula is C16H23N3O2. The van der Waals surface area contributed by atoms with E-state index in [2.05, 4.69) is 17.3 Å². The number of Topliss-reactive ketones (excluding diaryl/α,β-unsaturated/α-hetero) is 1. The smallest absolute Gasteiger partial charge is 0.224 e. The molecule has 1 aromatic carbocycles. The Labute approximate surface area is 125 Å². The summed E-state index contributed by atoms with van der Waals surface area (Å²) in [5.74, 6) is 0.241. The summed E-state index contributed by atoms with van der Waals surface area (Å²) in [6.45, 7) is 5.66. The van der Waals surface area contributed by atoms with Crippen LogP contribution in [0.3, 0.4) is 0 Å². The average molecular weight is 289 g/mol. The van der Waals surface area contributed by atoms with Crippen molar-refractivity contribution in [3.8, 4) is 0 Å². The number of likely N-dealkylation sites (N-methyl/N-ethyl adjacent to an activating group) is 1. The maximum Gasteiger partial charge on any atom is 0.224 e. The Balaban J connectivity index is 1.77. The highest BCUT2D eigenvalue weighted by Crippen LogP contribution is 2.11. The monoisotopic (exact) mass is 289 g/mol. The summed E-state index contributed by atoms with van der Waals surface area (Å²) < 4.78 is 0. The first kappa shape index (κ1) is 15.5. The van der Waals surface area contributed by atoms with Crippen LogP contribution in [0.5, 0.6) is 0 Å². The molecule has 2 rings (SSSR count). The van der Waals surface area contributed by atoms with Crippen LogP contribution in [0.2, 0.25) is 0 Å². The van der Waals surface area contributed by atoms with Gasteiger partial charge < -0.3 is 15.1 Å². The van der Waals surface area contributed by atoms with Crippen LogP contribution in [0.4, 0.5) is 5.69 Å². The van der Waals surface area contributed by atoms with E-state index in [0.29, 0.717) is 18.5 Å². The lowest BCUT2D eigenvalue weighted by Gasteiger charge is -2.32. The van der Waals surface area contributed by atoms with Gasteiger partial charge in [0.05, 0.1) is 0 Å². The van der Waals surface area contributed by atoms with E-state index in [1.807, 2.05) is 23.1 Å². The molecule has 1 heterocycles. The Morgan fingerprint density at radius 3 is 2.57 bits per heavy atom. The number of amides is 1. The van der Waals surface area contributed by atoms with Gasteiger partial charge in [-0.05, 0) is 26.1 Å². The molecule has 21 heavy (non-hydrogen) atoms. The molecule has 5 heteroatoms. The zero-order valence-corrected chi connectivity index (χ0v) is 12.8. The van der Waals surface area contributed by atoms with Crippen LogP contribution < -0.4 is 5.32 Å². The number of nitrogens with zero attached hydrogens (tertiary/aromatic N) is 2. The van der Waals surface area contributed by atoms with Crippen LogP contribution in [0, 0.1) is 0 Å². The van der Waals surface area contributed by atoms with Gasteiger partial charge in [0.2, 0.25) is 5.91 Å². The van der Waals surface area contributed by atoms with Gasteiger partial charge in [0, 0.05) is 50.4 Å². The summed E-state index contributed by atoms with van der Waals surface area (Å²) >= 11 is 0. The van der Waals surface area contributed by atoms with E-state index in [1.165, 1.54) is 0 Å². The van der Waals surface area contributed by atoms with Crippen molar-refractivity contribution in [2.75, 3.05) is 45.1 Å². The zero-order valence-electron chi connectivity index (χ0n) is 12.8. The molecular weight excluding hydrogens is 266 g/mol. The summed E-state index contributed by atoms with van der Waals surface area (Å²) in [6.07, 6.45) is 0.480. The number of piperazine rings is 1. The first-order valence-corrected chi connectivity index (χ1v) is 7.37. The van der Waals surface area contributed by atoms with Crippen LogP contribution in [-0.2, 0) is 4.79 Å². The highest BCUT2D eigenvalue weighted by atomic mass is 16.2. The molecule has 1 aliphatic rings. The van der Waals surface area contributed by atoms with Crippen molar-refractivity contribution in [3.05, 3.63) is 29.8 Å². The van der Waals surface area contributed by atoms with Crippen LogP contribution in [0.25, 0.3) is 0 Å². The van der Waals surface area contributed by atoms with Crippen molar-refractivity contribution >= 4 is 17.4 Å². The number of rotatable bonds is 5. The van der Waals surface area contributed by atoms with Crippen molar-refractivity contribution in [1.29, 1.82) is 0 Å². The van der Waals surface area contributed by atoms with E-state index in [9.17, 15) is 9.59 Å². The molecule has 1 N–H and O–H groups in total. The molecule has 0 saturated carbocycles. The van der Waals surface area contributed by atoms with Gasteiger partial charge in [-0.1, -0.05) is 12.1 Å². The molecule has 0 unspecified atom stereocenters. The molecule has 114 valence electrons. The first-order chi connectivity index (χ1) is 10.1. The highest BCUT2D eigenvalue weighted by molar-refractivity contribution is 5.94. The lowest BCUT2D eigenvalue weighted by atomic mass is 10.1. The number of benzene rings is 1. The van der Waals surface area contributed by atoms with Gasteiger partial charge in [-0.25, -0.2) is 0 Å². The van der Waals surface area contributed by atoms with E-state index in [0.717, 1.165) is 31.9 Å². The molecule has 0 aliphatic carbocycles. The van der Waals surface area contributed by atoms with Gasteiger partial charge in [-0.2, -0.15) is 0 Å². The van der Waals surface area contributed by atoms with Crippen LogP contribution in [-0.4, -0.2) is 61.3 Å². The minimum atomic E-state index is 0.0483. The van der Waals surface area contributed by atoms with E-state index in [-0.39, 0.29) is 11.7 Å². The van der Waals surface area contributed by atoms with Crippen molar-refractivity contribution in [3.63, 3.8) is 0 Å². The van der Waals surface area contributed by atoms with E-state index < -0.39 is 0 Å². The molecule has 5 nitrogen and oxygen atoms in total. The van der Waals surface area contributed by atoms with E-state index in [1.54, 1.807) is 13.0 Å². The van der Waals surface area contributed by atoms with Crippen molar-refractivity contribution in [2.24, 2.45) is 0 Å². The Morgan fingerprint density at radius 1 is 1.19 bits per heavy atom. The van der Waals surface area contributed by atoms with Gasteiger partial charge in [-0.15, -0.1) is 0 Å². The third-order valence-electron chi connectivity index (χ3n) is 3.79. The summed E-state index contributed by atoms with van der Waals surface area (Å²) in [5, 5.41) is 3.21. The van der Waals surface area contributed by atoms with Gasteiger partial charge in [0.15, 0.2) is 5.78 Å². The third kappa shape index (κ3) is 4.56. The van der Waals surface area contributed by atoms with Gasteiger partial charge in [-0.3, -0.25) is 9.59 Å². The SMILES string of the molecule is CC(=O)c1cccc(NCCC(=O)N2CCN(C)CC2)c1. The Hall–Kier alpha value is -1.88. The number of carbonyl (C=O) groups excluding carboxylic acids is 2. The molecule has 0 atom stereocenters.